The standard InChI is InChI=1S/C16H24N2O3/c1-15(2,3)18(10-13(19)20)14(21)16(4,5)11-6-8-12(17)9-7-11/h6-9H,10,17H2,1-5H3,(H,19,20). The molecule has 0 aliphatic rings. The molecular weight excluding hydrogens is 268 g/mol. The second-order valence-electron chi connectivity index (χ2n) is 6.70. The van der Waals surface area contributed by atoms with Gasteiger partial charge in [0.2, 0.25) is 5.91 Å². The molecule has 0 aromatic heterocycles. The number of hydrogen-bond acceptors (Lipinski definition) is 3. The molecule has 0 saturated carbocycles. The van der Waals surface area contributed by atoms with Crippen LogP contribution < -0.4 is 5.73 Å². The molecule has 5 nitrogen and oxygen atoms in total. The van der Waals surface area contributed by atoms with Crippen LogP contribution in [0.3, 0.4) is 0 Å². The van der Waals surface area contributed by atoms with Crippen LogP contribution in [0, 0.1) is 0 Å². The predicted octanol–water partition coefficient (Wildman–Crippen LogP) is 2.26. The summed E-state index contributed by atoms with van der Waals surface area (Å²) in [4.78, 5) is 25.3. The van der Waals surface area contributed by atoms with E-state index in [1.165, 1.54) is 4.90 Å². The molecule has 0 spiro atoms. The van der Waals surface area contributed by atoms with E-state index in [-0.39, 0.29) is 12.5 Å². The summed E-state index contributed by atoms with van der Waals surface area (Å²) in [5.41, 5.74) is 5.71. The highest BCUT2D eigenvalue weighted by Gasteiger charge is 2.39. The van der Waals surface area contributed by atoms with Gasteiger partial charge in [-0.25, -0.2) is 0 Å². The van der Waals surface area contributed by atoms with Crippen molar-refractivity contribution in [2.24, 2.45) is 0 Å². The highest BCUT2D eigenvalue weighted by Crippen LogP contribution is 2.29. The number of anilines is 1. The van der Waals surface area contributed by atoms with Gasteiger partial charge in [-0.3, -0.25) is 9.59 Å². The molecule has 0 saturated heterocycles. The normalized spacial score (nSPS) is 12.0. The van der Waals surface area contributed by atoms with Crippen molar-refractivity contribution in [2.75, 3.05) is 12.3 Å². The largest absolute Gasteiger partial charge is 0.480 e. The number of benzene rings is 1. The van der Waals surface area contributed by atoms with Crippen LogP contribution in [0.25, 0.3) is 0 Å². The van der Waals surface area contributed by atoms with Crippen molar-refractivity contribution in [1.29, 1.82) is 0 Å². The average molecular weight is 292 g/mol. The first-order valence-electron chi connectivity index (χ1n) is 6.86. The molecular formula is C16H24N2O3. The van der Waals surface area contributed by atoms with E-state index < -0.39 is 16.9 Å². The van der Waals surface area contributed by atoms with E-state index in [2.05, 4.69) is 0 Å². The topological polar surface area (TPSA) is 83.6 Å². The molecule has 21 heavy (non-hydrogen) atoms. The number of carbonyl (C=O) groups excluding carboxylic acids is 1. The predicted molar refractivity (Wildman–Crippen MR) is 83.0 cm³/mol. The second-order valence-corrected chi connectivity index (χ2v) is 6.70. The van der Waals surface area contributed by atoms with Gasteiger partial charge in [-0.15, -0.1) is 0 Å². The molecule has 1 aromatic carbocycles. The maximum Gasteiger partial charge on any atom is 0.323 e. The number of nitrogens with zero attached hydrogens (tertiary/aromatic N) is 1. The summed E-state index contributed by atoms with van der Waals surface area (Å²) in [7, 11) is 0. The van der Waals surface area contributed by atoms with Gasteiger partial charge in [0, 0.05) is 11.2 Å². The van der Waals surface area contributed by atoms with Gasteiger partial charge in [0.1, 0.15) is 6.54 Å². The van der Waals surface area contributed by atoms with Crippen molar-refractivity contribution in [1.82, 2.24) is 4.90 Å². The number of rotatable bonds is 4. The molecule has 0 atom stereocenters. The zero-order chi connectivity index (χ0) is 16.4. The summed E-state index contributed by atoms with van der Waals surface area (Å²) in [6, 6.07) is 7.08. The Kier molecular flexibility index (Phi) is 4.66. The van der Waals surface area contributed by atoms with Gasteiger partial charge in [0.05, 0.1) is 5.41 Å². The van der Waals surface area contributed by atoms with Crippen molar-refractivity contribution < 1.29 is 14.7 Å². The Morgan fingerprint density at radius 3 is 1.95 bits per heavy atom. The van der Waals surface area contributed by atoms with Crippen LogP contribution in [0.2, 0.25) is 0 Å². The third kappa shape index (κ3) is 3.97. The first-order chi connectivity index (χ1) is 9.46. The molecule has 1 aromatic rings. The lowest BCUT2D eigenvalue weighted by Gasteiger charge is -2.40. The smallest absolute Gasteiger partial charge is 0.323 e. The molecule has 0 radical (unpaired) electrons. The Labute approximate surface area is 125 Å². The van der Waals surface area contributed by atoms with Gasteiger partial charge in [0.15, 0.2) is 0 Å². The van der Waals surface area contributed by atoms with Crippen molar-refractivity contribution in [3.05, 3.63) is 29.8 Å². The van der Waals surface area contributed by atoms with Gasteiger partial charge in [-0.1, -0.05) is 12.1 Å². The second kappa shape index (κ2) is 5.76. The number of hydrogen-bond donors (Lipinski definition) is 2. The Bertz CT molecular complexity index is 527. The molecule has 116 valence electrons. The molecule has 0 heterocycles. The minimum atomic E-state index is -1.02. The van der Waals surface area contributed by atoms with Crippen molar-refractivity contribution in [2.45, 2.75) is 45.6 Å². The average Bonchev–Trinajstić information content (AvgIpc) is 2.34. The van der Waals surface area contributed by atoms with E-state index in [1.54, 1.807) is 38.1 Å². The van der Waals surface area contributed by atoms with Crippen molar-refractivity contribution in [3.63, 3.8) is 0 Å². The maximum atomic E-state index is 12.9. The van der Waals surface area contributed by atoms with Crippen molar-refractivity contribution >= 4 is 17.6 Å². The number of carboxylic acids is 1. The van der Waals surface area contributed by atoms with Crippen LogP contribution in [0.15, 0.2) is 24.3 Å². The number of nitrogen functional groups attached to an aromatic ring is 1. The van der Waals surface area contributed by atoms with Gasteiger partial charge < -0.3 is 15.7 Å². The number of nitrogens with two attached hydrogens (primary N) is 1. The Hall–Kier alpha value is -2.04. The van der Waals surface area contributed by atoms with Gasteiger partial charge in [-0.2, -0.15) is 0 Å². The number of amides is 1. The van der Waals surface area contributed by atoms with Crippen LogP contribution in [0.4, 0.5) is 5.69 Å². The third-order valence-corrected chi connectivity index (χ3v) is 3.52. The molecule has 0 aliphatic carbocycles. The van der Waals surface area contributed by atoms with E-state index in [0.29, 0.717) is 5.69 Å². The Morgan fingerprint density at radius 2 is 1.57 bits per heavy atom. The lowest BCUT2D eigenvalue weighted by molar-refractivity contribution is -0.151. The van der Waals surface area contributed by atoms with Crippen LogP contribution in [-0.4, -0.2) is 34.0 Å². The summed E-state index contributed by atoms with van der Waals surface area (Å²) in [6.07, 6.45) is 0. The van der Waals surface area contributed by atoms with E-state index in [0.717, 1.165) is 5.56 Å². The molecule has 1 amide bonds. The first kappa shape index (κ1) is 17.0. The molecule has 3 N–H and O–H groups in total. The fourth-order valence-electron chi connectivity index (χ4n) is 2.11. The lowest BCUT2D eigenvalue weighted by Crippen LogP contribution is -2.54. The molecule has 0 bridgehead atoms. The zero-order valence-corrected chi connectivity index (χ0v) is 13.3. The van der Waals surface area contributed by atoms with Crippen LogP contribution in [0.1, 0.15) is 40.2 Å². The molecule has 1 rings (SSSR count). The first-order valence-corrected chi connectivity index (χ1v) is 6.86. The van der Waals surface area contributed by atoms with Crippen LogP contribution in [-0.2, 0) is 15.0 Å². The Morgan fingerprint density at radius 1 is 1.10 bits per heavy atom. The molecule has 0 fully saturated rings. The fourth-order valence-corrected chi connectivity index (χ4v) is 2.11. The number of aliphatic carboxylic acids is 1. The number of carboxylic acid groups (broad SMARTS) is 1. The SMILES string of the molecule is CC(C)(C(=O)N(CC(=O)O)C(C)(C)C)c1ccc(N)cc1. The minimum Gasteiger partial charge on any atom is -0.480 e. The van der Waals surface area contributed by atoms with E-state index in [4.69, 9.17) is 10.8 Å². The Balaban J connectivity index is 3.17. The van der Waals surface area contributed by atoms with E-state index in [9.17, 15) is 9.59 Å². The minimum absolute atomic E-state index is 0.220. The highest BCUT2D eigenvalue weighted by molar-refractivity contribution is 5.90. The quantitative estimate of drug-likeness (QED) is 0.834. The maximum absolute atomic E-state index is 12.9. The monoisotopic (exact) mass is 292 g/mol. The van der Waals surface area contributed by atoms with E-state index in [1.807, 2.05) is 20.8 Å². The summed E-state index contributed by atoms with van der Waals surface area (Å²) in [5, 5.41) is 9.06. The van der Waals surface area contributed by atoms with Gasteiger partial charge in [-0.05, 0) is 52.3 Å². The molecule has 0 unspecified atom stereocenters. The zero-order valence-electron chi connectivity index (χ0n) is 13.3. The van der Waals surface area contributed by atoms with Crippen LogP contribution >= 0.6 is 0 Å². The molecule has 0 aliphatic heterocycles. The van der Waals surface area contributed by atoms with Gasteiger partial charge in [0.25, 0.3) is 0 Å². The fraction of sp³-hybridized carbons (Fsp3) is 0.500. The highest BCUT2D eigenvalue weighted by atomic mass is 16.4. The summed E-state index contributed by atoms with van der Waals surface area (Å²) in [5.74, 6) is -1.24. The summed E-state index contributed by atoms with van der Waals surface area (Å²) >= 11 is 0. The van der Waals surface area contributed by atoms with Crippen molar-refractivity contribution in [3.8, 4) is 0 Å². The third-order valence-electron chi connectivity index (χ3n) is 3.52. The lowest BCUT2D eigenvalue weighted by atomic mass is 9.82. The van der Waals surface area contributed by atoms with Gasteiger partial charge >= 0.3 is 5.97 Å². The summed E-state index contributed by atoms with van der Waals surface area (Å²) in [6.45, 7) is 8.75. The summed E-state index contributed by atoms with van der Waals surface area (Å²) < 4.78 is 0. The number of carbonyl (C=O) groups is 2. The van der Waals surface area contributed by atoms with Crippen LogP contribution in [0.5, 0.6) is 0 Å². The molecule has 5 heteroatoms. The van der Waals surface area contributed by atoms with E-state index >= 15 is 0 Å².